The number of hydrogen-bond donors (Lipinski definition) is 1. The standard InChI is InChI=1S/C25H34N2O3/c1-2-29-24-18-22(8-9-23(24)30-19-20-6-4-3-5-7-20)25(21-10-16-28-17-11-21)27-14-12-26-13-15-27/h3-9,18,21,25-26H,2,10-17,19H2,1H3/t25-/m1/s1. The molecule has 4 rings (SSSR count). The third kappa shape index (κ3) is 5.34. The molecule has 2 saturated heterocycles. The highest BCUT2D eigenvalue weighted by Gasteiger charge is 2.31. The summed E-state index contributed by atoms with van der Waals surface area (Å²) in [7, 11) is 0. The van der Waals surface area contributed by atoms with Crippen molar-refractivity contribution in [1.29, 1.82) is 0 Å². The fourth-order valence-electron chi connectivity index (χ4n) is 4.60. The van der Waals surface area contributed by atoms with Crippen LogP contribution in [-0.4, -0.2) is 50.9 Å². The second-order valence-electron chi connectivity index (χ2n) is 8.09. The van der Waals surface area contributed by atoms with Crippen LogP contribution in [0.4, 0.5) is 0 Å². The zero-order valence-corrected chi connectivity index (χ0v) is 18.0. The van der Waals surface area contributed by atoms with E-state index in [4.69, 9.17) is 14.2 Å². The van der Waals surface area contributed by atoms with Crippen LogP contribution in [0, 0.1) is 5.92 Å². The molecule has 2 aliphatic heterocycles. The van der Waals surface area contributed by atoms with Crippen molar-refractivity contribution in [3.05, 3.63) is 59.7 Å². The molecular weight excluding hydrogens is 376 g/mol. The predicted molar refractivity (Wildman–Crippen MR) is 119 cm³/mol. The topological polar surface area (TPSA) is 43.0 Å². The molecule has 0 aliphatic carbocycles. The molecule has 0 unspecified atom stereocenters. The maximum atomic E-state index is 6.13. The van der Waals surface area contributed by atoms with Crippen LogP contribution in [0.15, 0.2) is 48.5 Å². The number of benzene rings is 2. The zero-order valence-electron chi connectivity index (χ0n) is 18.0. The van der Waals surface area contributed by atoms with E-state index in [0.717, 1.165) is 69.3 Å². The summed E-state index contributed by atoms with van der Waals surface area (Å²) in [5.74, 6) is 2.27. The number of piperazine rings is 1. The van der Waals surface area contributed by atoms with Crippen molar-refractivity contribution in [1.82, 2.24) is 10.2 Å². The largest absolute Gasteiger partial charge is 0.490 e. The summed E-state index contributed by atoms with van der Waals surface area (Å²) in [5, 5.41) is 3.49. The minimum Gasteiger partial charge on any atom is -0.490 e. The van der Waals surface area contributed by atoms with Gasteiger partial charge in [0.25, 0.3) is 0 Å². The van der Waals surface area contributed by atoms with Crippen molar-refractivity contribution < 1.29 is 14.2 Å². The molecule has 1 N–H and O–H groups in total. The average molecular weight is 411 g/mol. The lowest BCUT2D eigenvalue weighted by Crippen LogP contribution is -2.47. The Labute approximate surface area is 180 Å². The van der Waals surface area contributed by atoms with Crippen molar-refractivity contribution in [3.8, 4) is 11.5 Å². The van der Waals surface area contributed by atoms with Crippen LogP contribution in [-0.2, 0) is 11.3 Å². The lowest BCUT2D eigenvalue weighted by molar-refractivity contribution is 0.0212. The van der Waals surface area contributed by atoms with Crippen LogP contribution in [0.1, 0.15) is 36.9 Å². The molecule has 0 saturated carbocycles. The highest BCUT2D eigenvalue weighted by molar-refractivity contribution is 5.44. The highest BCUT2D eigenvalue weighted by atomic mass is 16.5. The van der Waals surface area contributed by atoms with E-state index in [1.54, 1.807) is 0 Å². The number of nitrogens with zero attached hydrogens (tertiary/aromatic N) is 1. The van der Waals surface area contributed by atoms with Crippen LogP contribution in [0.3, 0.4) is 0 Å². The first kappa shape index (κ1) is 21.2. The summed E-state index contributed by atoms with van der Waals surface area (Å²) >= 11 is 0. The third-order valence-electron chi connectivity index (χ3n) is 6.10. The van der Waals surface area contributed by atoms with Crippen molar-refractivity contribution >= 4 is 0 Å². The van der Waals surface area contributed by atoms with Crippen molar-refractivity contribution in [3.63, 3.8) is 0 Å². The van der Waals surface area contributed by atoms with Gasteiger partial charge in [0.1, 0.15) is 6.61 Å². The van der Waals surface area contributed by atoms with Crippen molar-refractivity contribution in [2.75, 3.05) is 46.0 Å². The summed E-state index contributed by atoms with van der Waals surface area (Å²) in [5.41, 5.74) is 2.49. The van der Waals surface area contributed by atoms with E-state index in [0.29, 0.717) is 25.2 Å². The second kappa shape index (κ2) is 10.8. The van der Waals surface area contributed by atoms with E-state index in [9.17, 15) is 0 Å². The van der Waals surface area contributed by atoms with E-state index < -0.39 is 0 Å². The van der Waals surface area contributed by atoms with E-state index in [1.165, 1.54) is 5.56 Å². The average Bonchev–Trinajstić information content (AvgIpc) is 2.81. The van der Waals surface area contributed by atoms with Gasteiger partial charge in [-0.25, -0.2) is 0 Å². The summed E-state index contributed by atoms with van der Waals surface area (Å²) in [6.45, 7) is 9.19. The summed E-state index contributed by atoms with van der Waals surface area (Å²) in [4.78, 5) is 2.64. The molecular formula is C25H34N2O3. The summed E-state index contributed by atoms with van der Waals surface area (Å²) in [6.07, 6.45) is 2.23. The van der Waals surface area contributed by atoms with Gasteiger partial charge in [-0.1, -0.05) is 36.4 Å². The molecule has 0 aromatic heterocycles. The van der Waals surface area contributed by atoms with Gasteiger partial charge in [-0.15, -0.1) is 0 Å². The number of nitrogens with one attached hydrogen (secondary N) is 1. The Hall–Kier alpha value is -2.08. The van der Waals surface area contributed by atoms with Crippen LogP contribution >= 0.6 is 0 Å². The zero-order chi connectivity index (χ0) is 20.6. The Morgan fingerprint density at radius 3 is 2.50 bits per heavy atom. The molecule has 0 spiro atoms. The SMILES string of the molecule is CCOc1cc([C@@H](C2CCOCC2)N2CCNCC2)ccc1OCc1ccccc1. The van der Waals surface area contributed by atoms with Gasteiger partial charge >= 0.3 is 0 Å². The maximum Gasteiger partial charge on any atom is 0.161 e. The van der Waals surface area contributed by atoms with Gasteiger partial charge in [0.15, 0.2) is 11.5 Å². The Bertz CT molecular complexity index is 753. The molecule has 2 aromatic rings. The van der Waals surface area contributed by atoms with Gasteiger partial charge in [0, 0.05) is 45.4 Å². The smallest absolute Gasteiger partial charge is 0.161 e. The fourth-order valence-corrected chi connectivity index (χ4v) is 4.60. The number of rotatable bonds is 8. The maximum absolute atomic E-state index is 6.13. The molecule has 5 nitrogen and oxygen atoms in total. The second-order valence-corrected chi connectivity index (χ2v) is 8.09. The van der Waals surface area contributed by atoms with Gasteiger partial charge in [0.2, 0.25) is 0 Å². The first-order chi connectivity index (χ1) is 14.8. The molecule has 0 radical (unpaired) electrons. The molecule has 2 fully saturated rings. The highest BCUT2D eigenvalue weighted by Crippen LogP contribution is 2.39. The number of ether oxygens (including phenoxy) is 3. The Kier molecular flexibility index (Phi) is 7.62. The van der Waals surface area contributed by atoms with Crippen molar-refractivity contribution in [2.24, 2.45) is 5.92 Å². The minimum atomic E-state index is 0.401. The van der Waals surface area contributed by atoms with E-state index in [1.807, 2.05) is 25.1 Å². The molecule has 30 heavy (non-hydrogen) atoms. The first-order valence-corrected chi connectivity index (χ1v) is 11.3. The van der Waals surface area contributed by atoms with Gasteiger partial charge in [-0.05, 0) is 48.9 Å². The molecule has 0 bridgehead atoms. The van der Waals surface area contributed by atoms with E-state index in [2.05, 4.69) is 40.5 Å². The Morgan fingerprint density at radius 2 is 1.77 bits per heavy atom. The van der Waals surface area contributed by atoms with Crippen LogP contribution in [0.2, 0.25) is 0 Å². The third-order valence-corrected chi connectivity index (χ3v) is 6.10. The van der Waals surface area contributed by atoms with Crippen LogP contribution < -0.4 is 14.8 Å². The van der Waals surface area contributed by atoms with Crippen LogP contribution in [0.5, 0.6) is 11.5 Å². The molecule has 5 heteroatoms. The minimum absolute atomic E-state index is 0.401. The fraction of sp³-hybridized carbons (Fsp3) is 0.520. The Balaban J connectivity index is 1.57. The summed E-state index contributed by atoms with van der Waals surface area (Å²) in [6, 6.07) is 17.2. The predicted octanol–water partition coefficient (Wildman–Crippen LogP) is 4.04. The van der Waals surface area contributed by atoms with Gasteiger partial charge in [0.05, 0.1) is 6.61 Å². The monoisotopic (exact) mass is 410 g/mol. The quantitative estimate of drug-likeness (QED) is 0.712. The van der Waals surface area contributed by atoms with Gasteiger partial charge < -0.3 is 19.5 Å². The van der Waals surface area contributed by atoms with E-state index in [-0.39, 0.29) is 0 Å². The van der Waals surface area contributed by atoms with Gasteiger partial charge in [-0.2, -0.15) is 0 Å². The Morgan fingerprint density at radius 1 is 1.00 bits per heavy atom. The summed E-state index contributed by atoms with van der Waals surface area (Å²) < 4.78 is 17.8. The first-order valence-electron chi connectivity index (χ1n) is 11.3. The molecule has 1 atom stereocenters. The van der Waals surface area contributed by atoms with Crippen LogP contribution in [0.25, 0.3) is 0 Å². The number of hydrogen-bond acceptors (Lipinski definition) is 5. The van der Waals surface area contributed by atoms with Gasteiger partial charge in [-0.3, -0.25) is 4.90 Å². The molecule has 2 heterocycles. The molecule has 2 aliphatic rings. The van der Waals surface area contributed by atoms with E-state index >= 15 is 0 Å². The molecule has 2 aromatic carbocycles. The molecule has 0 amide bonds. The normalized spacial score (nSPS) is 19.4. The molecule has 162 valence electrons. The lowest BCUT2D eigenvalue weighted by atomic mass is 9.85. The lowest BCUT2D eigenvalue weighted by Gasteiger charge is -2.41. The van der Waals surface area contributed by atoms with Crippen molar-refractivity contribution in [2.45, 2.75) is 32.4 Å².